The third-order valence-corrected chi connectivity index (χ3v) is 5.56. The molecule has 4 heterocycles. The van der Waals surface area contributed by atoms with E-state index in [1.54, 1.807) is 30.1 Å². The van der Waals surface area contributed by atoms with Gasteiger partial charge < -0.3 is 25.7 Å². The van der Waals surface area contributed by atoms with Crippen LogP contribution in [0.3, 0.4) is 0 Å². The topological polar surface area (TPSA) is 122 Å². The van der Waals surface area contributed by atoms with E-state index in [4.69, 9.17) is 16.3 Å². The summed E-state index contributed by atoms with van der Waals surface area (Å²) in [5.41, 5.74) is 3.85. The average molecular weight is 465 g/mol. The number of fused-ring (bicyclic) bond motifs is 1. The van der Waals surface area contributed by atoms with Gasteiger partial charge in [-0.25, -0.2) is 9.97 Å². The highest BCUT2D eigenvalue weighted by molar-refractivity contribution is 6.32. The number of hydrogen-bond acceptors (Lipinski definition) is 7. The van der Waals surface area contributed by atoms with Crippen molar-refractivity contribution in [3.63, 3.8) is 0 Å². The molecule has 4 N–H and O–H groups in total. The number of carbonyl (C=O) groups excluding carboxylic acids is 1. The molecule has 1 aliphatic heterocycles. The third kappa shape index (κ3) is 3.96. The smallest absolute Gasteiger partial charge is 0.255 e. The molecule has 0 radical (unpaired) electrons. The molecular formula is C22H21ClN8O2. The lowest BCUT2D eigenvalue weighted by atomic mass is 10.1. The number of hydrogen-bond donors (Lipinski definition) is 4. The summed E-state index contributed by atoms with van der Waals surface area (Å²) in [5.74, 6) is 1.33. The van der Waals surface area contributed by atoms with E-state index in [1.807, 2.05) is 31.4 Å². The van der Waals surface area contributed by atoms with E-state index in [-0.39, 0.29) is 5.91 Å². The summed E-state index contributed by atoms with van der Waals surface area (Å²) in [5, 5.41) is 14.1. The van der Waals surface area contributed by atoms with E-state index < -0.39 is 0 Å². The predicted octanol–water partition coefficient (Wildman–Crippen LogP) is 3.64. The zero-order valence-corrected chi connectivity index (χ0v) is 18.7. The number of aryl methyl sites for hydroxylation is 1. The van der Waals surface area contributed by atoms with Crippen LogP contribution in [0.25, 0.3) is 11.4 Å². The zero-order valence-electron chi connectivity index (χ0n) is 17.9. The number of benzene rings is 1. The molecule has 33 heavy (non-hydrogen) atoms. The number of nitrogens with zero attached hydrogens (tertiary/aromatic N) is 4. The van der Waals surface area contributed by atoms with Crippen LogP contribution < -0.4 is 20.7 Å². The maximum atomic E-state index is 12.8. The SMILES string of the molecule is COc1c(Cl)cccc1Nc1c(-c2ccnc(Nc3ccn(C)n3)n2)[nH]c2c1C(=O)NCC2. The van der Waals surface area contributed by atoms with Crippen molar-refractivity contribution in [1.29, 1.82) is 0 Å². The van der Waals surface area contributed by atoms with Gasteiger partial charge in [0.05, 0.1) is 40.5 Å². The predicted molar refractivity (Wildman–Crippen MR) is 126 cm³/mol. The summed E-state index contributed by atoms with van der Waals surface area (Å²) in [7, 11) is 3.38. The van der Waals surface area contributed by atoms with Gasteiger partial charge in [-0.15, -0.1) is 0 Å². The standard InChI is InChI=1S/C22H21ClN8O2/c1-31-11-8-16(30-31)29-22-25-10-7-14(28-22)18-19(17-13(26-18)6-9-24-21(17)32)27-15-5-3-4-12(23)20(15)33-2/h3-5,7-8,10-11,26-27H,6,9H2,1-2H3,(H,24,32)(H,25,28,29,30). The summed E-state index contributed by atoms with van der Waals surface area (Å²) < 4.78 is 7.16. The van der Waals surface area contributed by atoms with Crippen LogP contribution in [0.4, 0.5) is 23.1 Å². The fourth-order valence-corrected chi connectivity index (χ4v) is 4.05. The van der Waals surface area contributed by atoms with Crippen LogP contribution in [-0.4, -0.2) is 44.3 Å². The molecule has 0 unspecified atom stereocenters. The Bertz CT molecular complexity index is 1350. The van der Waals surface area contributed by atoms with Crippen molar-refractivity contribution < 1.29 is 9.53 Å². The quantitative estimate of drug-likeness (QED) is 0.343. The van der Waals surface area contributed by atoms with Crippen LogP contribution in [0.5, 0.6) is 5.75 Å². The van der Waals surface area contributed by atoms with Crippen LogP contribution >= 0.6 is 11.6 Å². The summed E-state index contributed by atoms with van der Waals surface area (Å²) in [6.07, 6.45) is 4.15. The minimum Gasteiger partial charge on any atom is -0.493 e. The van der Waals surface area contributed by atoms with E-state index in [2.05, 4.69) is 36.0 Å². The first-order valence-corrected chi connectivity index (χ1v) is 10.6. The van der Waals surface area contributed by atoms with E-state index in [0.717, 1.165) is 5.69 Å². The number of ether oxygens (including phenoxy) is 1. The Morgan fingerprint density at radius 2 is 2.09 bits per heavy atom. The minimum absolute atomic E-state index is 0.164. The molecule has 0 fully saturated rings. The van der Waals surface area contributed by atoms with Gasteiger partial charge in [0.15, 0.2) is 11.6 Å². The third-order valence-electron chi connectivity index (χ3n) is 5.26. The minimum atomic E-state index is -0.164. The lowest BCUT2D eigenvalue weighted by Gasteiger charge is -2.17. The van der Waals surface area contributed by atoms with Crippen LogP contribution in [0.2, 0.25) is 5.02 Å². The maximum Gasteiger partial charge on any atom is 0.255 e. The van der Waals surface area contributed by atoms with Crippen molar-refractivity contribution >= 4 is 40.6 Å². The van der Waals surface area contributed by atoms with Gasteiger partial charge >= 0.3 is 0 Å². The number of para-hydroxylation sites is 1. The molecule has 10 nitrogen and oxygen atoms in total. The Morgan fingerprint density at radius 3 is 2.88 bits per heavy atom. The molecule has 168 valence electrons. The second kappa shape index (κ2) is 8.47. The van der Waals surface area contributed by atoms with Crippen molar-refractivity contribution in [1.82, 2.24) is 30.0 Å². The fraction of sp³-hybridized carbons (Fsp3) is 0.182. The lowest BCUT2D eigenvalue weighted by Crippen LogP contribution is -2.31. The normalized spacial score (nSPS) is 12.8. The van der Waals surface area contributed by atoms with E-state index in [0.29, 0.717) is 63.8 Å². The molecule has 1 aliphatic rings. The second-order valence-corrected chi connectivity index (χ2v) is 7.85. The van der Waals surface area contributed by atoms with Crippen molar-refractivity contribution in [2.75, 3.05) is 24.3 Å². The van der Waals surface area contributed by atoms with E-state index in [1.165, 1.54) is 0 Å². The first-order valence-electron chi connectivity index (χ1n) is 10.3. The first-order chi connectivity index (χ1) is 16.0. The summed E-state index contributed by atoms with van der Waals surface area (Å²) in [6, 6.07) is 8.99. The Kier molecular flexibility index (Phi) is 5.35. The average Bonchev–Trinajstić information content (AvgIpc) is 3.38. The highest BCUT2D eigenvalue weighted by Crippen LogP contribution is 2.40. The maximum absolute atomic E-state index is 12.8. The molecule has 0 bridgehead atoms. The van der Waals surface area contributed by atoms with Gasteiger partial charge in [0, 0.05) is 44.2 Å². The number of rotatable bonds is 6. The molecule has 1 aromatic carbocycles. The molecule has 0 saturated carbocycles. The molecule has 0 aliphatic carbocycles. The van der Waals surface area contributed by atoms with Crippen LogP contribution in [0.1, 0.15) is 16.1 Å². The van der Waals surface area contributed by atoms with Gasteiger partial charge in [-0.3, -0.25) is 9.48 Å². The number of amides is 1. The van der Waals surface area contributed by atoms with Crippen LogP contribution in [-0.2, 0) is 13.5 Å². The Balaban J connectivity index is 1.59. The lowest BCUT2D eigenvalue weighted by molar-refractivity contribution is 0.0947. The van der Waals surface area contributed by atoms with Crippen molar-refractivity contribution in [2.24, 2.45) is 7.05 Å². The Morgan fingerprint density at radius 1 is 1.21 bits per heavy atom. The fourth-order valence-electron chi connectivity index (χ4n) is 3.80. The largest absolute Gasteiger partial charge is 0.493 e. The highest BCUT2D eigenvalue weighted by Gasteiger charge is 2.28. The molecule has 0 saturated heterocycles. The van der Waals surface area contributed by atoms with Gasteiger partial charge in [-0.2, -0.15) is 5.10 Å². The van der Waals surface area contributed by atoms with Crippen LogP contribution in [0, 0.1) is 0 Å². The summed E-state index contributed by atoms with van der Waals surface area (Å²) in [4.78, 5) is 25.1. The zero-order chi connectivity index (χ0) is 22.9. The first kappa shape index (κ1) is 20.8. The molecule has 11 heteroatoms. The molecular weight excluding hydrogens is 444 g/mol. The van der Waals surface area contributed by atoms with Crippen molar-refractivity contribution in [3.05, 3.63) is 59.0 Å². The highest BCUT2D eigenvalue weighted by atomic mass is 35.5. The number of nitrogens with one attached hydrogen (secondary N) is 4. The van der Waals surface area contributed by atoms with Crippen LogP contribution in [0.15, 0.2) is 42.7 Å². The van der Waals surface area contributed by atoms with Gasteiger partial charge in [0.2, 0.25) is 5.95 Å². The van der Waals surface area contributed by atoms with E-state index in [9.17, 15) is 4.79 Å². The number of aromatic amines is 1. The molecule has 0 spiro atoms. The Hall–Kier alpha value is -4.05. The number of aromatic nitrogens is 5. The van der Waals surface area contributed by atoms with Gasteiger partial charge in [0.1, 0.15) is 0 Å². The summed E-state index contributed by atoms with van der Waals surface area (Å²) in [6.45, 7) is 0.558. The molecule has 1 amide bonds. The molecule has 0 atom stereocenters. The molecule has 5 rings (SSSR count). The number of H-pyrrole nitrogens is 1. The number of methoxy groups -OCH3 is 1. The van der Waals surface area contributed by atoms with E-state index >= 15 is 0 Å². The van der Waals surface area contributed by atoms with Crippen molar-refractivity contribution in [2.45, 2.75) is 6.42 Å². The second-order valence-electron chi connectivity index (χ2n) is 7.45. The van der Waals surface area contributed by atoms with Crippen molar-refractivity contribution in [3.8, 4) is 17.1 Å². The monoisotopic (exact) mass is 464 g/mol. The number of carbonyl (C=O) groups is 1. The van der Waals surface area contributed by atoms with Gasteiger partial charge in [-0.05, 0) is 18.2 Å². The Labute approximate surface area is 194 Å². The molecule has 3 aromatic heterocycles. The van der Waals surface area contributed by atoms with Gasteiger partial charge in [0.25, 0.3) is 5.91 Å². The number of halogens is 1. The summed E-state index contributed by atoms with van der Waals surface area (Å²) >= 11 is 6.31. The van der Waals surface area contributed by atoms with Gasteiger partial charge in [-0.1, -0.05) is 17.7 Å². The number of anilines is 4. The molecule has 4 aromatic rings.